The van der Waals surface area contributed by atoms with Crippen LogP contribution in [0, 0.1) is 11.7 Å². The number of sulfone groups is 1. The van der Waals surface area contributed by atoms with Gasteiger partial charge in [0.1, 0.15) is 17.1 Å². The minimum Gasteiger partial charge on any atom is -0.509 e. The van der Waals surface area contributed by atoms with E-state index in [0.29, 0.717) is 17.7 Å². The summed E-state index contributed by atoms with van der Waals surface area (Å²) >= 11 is 0. The SMILES string of the molecule is CC(C)C[C@H]1C(O)=C(C2=CS(=O)(=O)c3ccccc3N2)C(=O)N1Cc1ccc(F)cc1. The molecular weight excluding hydrogens is 419 g/mol. The van der Waals surface area contributed by atoms with Crippen molar-refractivity contribution in [2.45, 2.75) is 37.8 Å². The third-order valence-corrected chi connectivity index (χ3v) is 6.90. The summed E-state index contributed by atoms with van der Waals surface area (Å²) in [6.45, 7) is 4.12. The largest absolute Gasteiger partial charge is 0.509 e. The van der Waals surface area contributed by atoms with E-state index in [1.807, 2.05) is 13.8 Å². The first kappa shape index (κ1) is 21.1. The third kappa shape index (κ3) is 3.95. The van der Waals surface area contributed by atoms with Gasteiger partial charge in [-0.3, -0.25) is 4.79 Å². The van der Waals surface area contributed by atoms with E-state index in [1.165, 1.54) is 23.1 Å². The van der Waals surface area contributed by atoms with E-state index in [0.717, 1.165) is 5.41 Å². The molecule has 6 nitrogen and oxygen atoms in total. The lowest BCUT2D eigenvalue weighted by Crippen LogP contribution is -2.36. The van der Waals surface area contributed by atoms with Gasteiger partial charge in [0.2, 0.25) is 9.84 Å². The number of carbonyl (C=O) groups excluding carboxylic acids is 1. The molecule has 0 fully saturated rings. The number of rotatable bonds is 5. The minimum absolute atomic E-state index is 0.0501. The molecule has 1 amide bonds. The average Bonchev–Trinajstić information content (AvgIpc) is 2.92. The zero-order chi connectivity index (χ0) is 22.3. The second kappa shape index (κ2) is 7.85. The monoisotopic (exact) mass is 442 g/mol. The maximum absolute atomic E-state index is 13.4. The Morgan fingerprint density at radius 1 is 1.13 bits per heavy atom. The van der Waals surface area contributed by atoms with Crippen LogP contribution in [0.3, 0.4) is 0 Å². The van der Waals surface area contributed by atoms with Gasteiger partial charge in [0.15, 0.2) is 0 Å². The van der Waals surface area contributed by atoms with Gasteiger partial charge in [-0.05, 0) is 42.2 Å². The molecule has 2 heterocycles. The van der Waals surface area contributed by atoms with E-state index < -0.39 is 21.8 Å². The Kier molecular flexibility index (Phi) is 5.35. The summed E-state index contributed by atoms with van der Waals surface area (Å²) in [6.07, 6.45) is 0.499. The van der Waals surface area contributed by atoms with Crippen LogP contribution in [-0.4, -0.2) is 30.4 Å². The number of anilines is 1. The molecule has 0 aromatic heterocycles. The number of nitrogens with zero attached hydrogens (tertiary/aromatic N) is 1. The number of nitrogens with one attached hydrogen (secondary N) is 1. The highest BCUT2D eigenvalue weighted by Crippen LogP contribution is 2.38. The summed E-state index contributed by atoms with van der Waals surface area (Å²) in [5, 5.41) is 15.0. The molecule has 31 heavy (non-hydrogen) atoms. The molecule has 2 aliphatic rings. The molecule has 0 aliphatic carbocycles. The number of fused-ring (bicyclic) bond motifs is 1. The van der Waals surface area contributed by atoms with Crippen LogP contribution in [0.4, 0.5) is 10.1 Å². The summed E-state index contributed by atoms with van der Waals surface area (Å²) in [6, 6.07) is 11.6. The molecule has 162 valence electrons. The van der Waals surface area contributed by atoms with Crippen molar-refractivity contribution in [1.29, 1.82) is 0 Å². The van der Waals surface area contributed by atoms with Crippen LogP contribution < -0.4 is 5.32 Å². The van der Waals surface area contributed by atoms with E-state index in [2.05, 4.69) is 5.32 Å². The van der Waals surface area contributed by atoms with Crippen molar-refractivity contribution in [3.8, 4) is 0 Å². The lowest BCUT2D eigenvalue weighted by molar-refractivity contribution is -0.127. The van der Waals surface area contributed by atoms with Crippen LogP contribution in [0.5, 0.6) is 0 Å². The minimum atomic E-state index is -3.78. The number of amides is 1. The van der Waals surface area contributed by atoms with Crippen LogP contribution in [0.25, 0.3) is 0 Å². The maximum atomic E-state index is 13.4. The summed E-state index contributed by atoms with van der Waals surface area (Å²) in [5.41, 5.74) is 1.06. The van der Waals surface area contributed by atoms with Crippen molar-refractivity contribution < 1.29 is 22.7 Å². The Hall–Kier alpha value is -3.13. The number of halogens is 1. The first-order valence-electron chi connectivity index (χ1n) is 9.99. The highest BCUT2D eigenvalue weighted by atomic mass is 32.2. The van der Waals surface area contributed by atoms with Gasteiger partial charge in [-0.2, -0.15) is 0 Å². The Bertz CT molecular complexity index is 1200. The van der Waals surface area contributed by atoms with E-state index in [4.69, 9.17) is 0 Å². The van der Waals surface area contributed by atoms with E-state index in [9.17, 15) is 22.7 Å². The first-order chi connectivity index (χ1) is 14.7. The molecule has 4 rings (SSSR count). The van der Waals surface area contributed by atoms with Crippen LogP contribution >= 0.6 is 0 Å². The number of para-hydroxylation sites is 1. The Morgan fingerprint density at radius 3 is 2.48 bits per heavy atom. The predicted molar refractivity (Wildman–Crippen MR) is 115 cm³/mol. The second-order valence-electron chi connectivity index (χ2n) is 8.16. The molecule has 0 spiro atoms. The zero-order valence-corrected chi connectivity index (χ0v) is 18.0. The van der Waals surface area contributed by atoms with Crippen LogP contribution in [0.15, 0.2) is 75.9 Å². The Balaban J connectivity index is 1.73. The lowest BCUT2D eigenvalue weighted by Gasteiger charge is -2.27. The third-order valence-electron chi connectivity index (χ3n) is 5.39. The molecule has 2 aromatic carbocycles. The molecule has 0 saturated heterocycles. The van der Waals surface area contributed by atoms with Crippen molar-refractivity contribution in [3.63, 3.8) is 0 Å². The smallest absolute Gasteiger partial charge is 0.260 e. The number of carbonyl (C=O) groups is 1. The molecular formula is C23H23FN2O4S. The number of hydrogen-bond acceptors (Lipinski definition) is 5. The highest BCUT2D eigenvalue weighted by molar-refractivity contribution is 7.94. The number of aliphatic hydroxyl groups is 1. The average molecular weight is 443 g/mol. The standard InChI is InChI=1S/C23H23FN2O4S/c1-14(2)11-19-22(27)21(23(28)26(19)12-15-7-9-16(24)10-8-15)18-13-31(29,30)20-6-4-3-5-17(20)25-18/h3-10,13-14,19,25,27H,11-12H2,1-2H3/t19-/m0/s1. The van der Waals surface area contributed by atoms with Gasteiger partial charge in [0.05, 0.1) is 27.7 Å². The zero-order valence-electron chi connectivity index (χ0n) is 17.2. The van der Waals surface area contributed by atoms with Crippen LogP contribution in [0.2, 0.25) is 0 Å². The number of aliphatic hydroxyl groups excluding tert-OH is 1. The molecule has 0 bridgehead atoms. The molecule has 2 aliphatic heterocycles. The van der Waals surface area contributed by atoms with E-state index in [-0.39, 0.29) is 40.2 Å². The molecule has 1 atom stereocenters. The number of benzene rings is 2. The number of hydrogen-bond donors (Lipinski definition) is 2. The quantitative estimate of drug-likeness (QED) is 0.727. The lowest BCUT2D eigenvalue weighted by atomic mass is 10.0. The topological polar surface area (TPSA) is 86.7 Å². The highest BCUT2D eigenvalue weighted by Gasteiger charge is 2.42. The van der Waals surface area contributed by atoms with Crippen molar-refractivity contribution in [1.82, 2.24) is 4.90 Å². The first-order valence-corrected chi connectivity index (χ1v) is 11.5. The van der Waals surface area contributed by atoms with Gasteiger partial charge >= 0.3 is 0 Å². The molecule has 8 heteroatoms. The fourth-order valence-electron chi connectivity index (χ4n) is 3.95. The summed E-state index contributed by atoms with van der Waals surface area (Å²) in [5.74, 6) is -0.833. The summed E-state index contributed by atoms with van der Waals surface area (Å²) < 4.78 is 38.8. The van der Waals surface area contributed by atoms with Gasteiger partial charge in [-0.1, -0.05) is 38.1 Å². The van der Waals surface area contributed by atoms with Gasteiger partial charge in [0.25, 0.3) is 5.91 Å². The van der Waals surface area contributed by atoms with Crippen LogP contribution in [0.1, 0.15) is 25.8 Å². The fraction of sp³-hybridized carbons (Fsp3) is 0.261. The van der Waals surface area contributed by atoms with Crippen molar-refractivity contribution in [2.24, 2.45) is 5.92 Å². The van der Waals surface area contributed by atoms with Crippen LogP contribution in [-0.2, 0) is 21.2 Å². The van der Waals surface area contributed by atoms with E-state index >= 15 is 0 Å². The Labute approximate surface area is 180 Å². The molecule has 0 radical (unpaired) electrons. The predicted octanol–water partition coefficient (Wildman–Crippen LogP) is 4.14. The summed E-state index contributed by atoms with van der Waals surface area (Å²) in [7, 11) is -3.78. The second-order valence-corrected chi connectivity index (χ2v) is 9.93. The van der Waals surface area contributed by atoms with Crippen molar-refractivity contribution in [2.75, 3.05) is 5.32 Å². The van der Waals surface area contributed by atoms with Gasteiger partial charge in [-0.25, -0.2) is 12.8 Å². The normalized spacial score (nSPS) is 20.0. The van der Waals surface area contributed by atoms with E-state index in [1.54, 1.807) is 30.3 Å². The van der Waals surface area contributed by atoms with Gasteiger partial charge < -0.3 is 15.3 Å². The molecule has 2 N–H and O–H groups in total. The van der Waals surface area contributed by atoms with Gasteiger partial charge in [-0.15, -0.1) is 0 Å². The van der Waals surface area contributed by atoms with Crippen molar-refractivity contribution in [3.05, 3.63) is 82.3 Å². The molecule has 0 saturated carbocycles. The van der Waals surface area contributed by atoms with Crippen molar-refractivity contribution >= 4 is 21.4 Å². The van der Waals surface area contributed by atoms with Gasteiger partial charge in [0, 0.05) is 6.54 Å². The Morgan fingerprint density at radius 2 is 1.81 bits per heavy atom. The summed E-state index contributed by atoms with van der Waals surface area (Å²) in [4.78, 5) is 15.0. The fourth-order valence-corrected chi connectivity index (χ4v) is 5.26. The molecule has 2 aromatic rings. The maximum Gasteiger partial charge on any atom is 0.260 e. The molecule has 0 unspecified atom stereocenters.